The molecule has 0 aliphatic heterocycles. The Morgan fingerprint density at radius 1 is 0.750 bits per heavy atom. The first-order chi connectivity index (χ1) is 11.4. The fourth-order valence-electron chi connectivity index (χ4n) is 2.61. The Bertz CT molecular complexity index is 861. The number of carbonyl (C=O) groups is 1. The maximum absolute atomic E-state index is 12.2. The lowest BCUT2D eigenvalue weighted by atomic mass is 9.87. The van der Waals surface area contributed by atoms with Crippen LogP contribution in [0.15, 0.2) is 66.7 Å². The van der Waals surface area contributed by atoms with E-state index in [1.807, 2.05) is 60.7 Å². The summed E-state index contributed by atoms with van der Waals surface area (Å²) in [5.41, 5.74) is 2.90. The van der Waals surface area contributed by atoms with Crippen molar-refractivity contribution in [1.29, 1.82) is 0 Å². The van der Waals surface area contributed by atoms with E-state index in [-0.39, 0.29) is 11.4 Å². The van der Waals surface area contributed by atoms with Crippen molar-refractivity contribution in [2.45, 2.75) is 26.2 Å². The van der Waals surface area contributed by atoms with Gasteiger partial charge in [0.15, 0.2) is 0 Å². The van der Waals surface area contributed by atoms with Crippen LogP contribution in [0.3, 0.4) is 0 Å². The van der Waals surface area contributed by atoms with E-state index < -0.39 is 0 Å². The van der Waals surface area contributed by atoms with E-state index in [4.69, 9.17) is 0 Å². The Morgan fingerprint density at radius 3 is 2.00 bits per heavy atom. The molecule has 3 rings (SSSR count). The van der Waals surface area contributed by atoms with E-state index in [0.29, 0.717) is 0 Å². The first-order valence-electron chi connectivity index (χ1n) is 8.09. The SMILES string of the molecule is CC(C)(C)c1ccc(NC(=O)Nc2ccc3ccccc3c2)cc1. The summed E-state index contributed by atoms with van der Waals surface area (Å²) in [4.78, 5) is 12.2. The van der Waals surface area contributed by atoms with Gasteiger partial charge >= 0.3 is 6.03 Å². The van der Waals surface area contributed by atoms with Gasteiger partial charge in [0, 0.05) is 11.4 Å². The molecule has 0 unspecified atom stereocenters. The molecule has 122 valence electrons. The zero-order valence-corrected chi connectivity index (χ0v) is 14.3. The summed E-state index contributed by atoms with van der Waals surface area (Å²) in [7, 11) is 0. The van der Waals surface area contributed by atoms with Gasteiger partial charge in [-0.2, -0.15) is 0 Å². The van der Waals surface area contributed by atoms with Gasteiger partial charge in [-0.25, -0.2) is 4.79 Å². The third kappa shape index (κ3) is 3.74. The zero-order valence-electron chi connectivity index (χ0n) is 14.3. The third-order valence-corrected chi connectivity index (χ3v) is 4.02. The molecule has 2 amide bonds. The zero-order chi connectivity index (χ0) is 17.2. The van der Waals surface area contributed by atoms with Crippen molar-refractivity contribution in [3.05, 3.63) is 72.3 Å². The van der Waals surface area contributed by atoms with Gasteiger partial charge in [-0.05, 0) is 46.0 Å². The van der Waals surface area contributed by atoms with E-state index >= 15 is 0 Å². The largest absolute Gasteiger partial charge is 0.323 e. The topological polar surface area (TPSA) is 41.1 Å². The molecular formula is C21H22N2O. The Balaban J connectivity index is 1.68. The van der Waals surface area contributed by atoms with Crippen molar-refractivity contribution in [2.24, 2.45) is 0 Å². The van der Waals surface area contributed by atoms with Crippen LogP contribution in [-0.2, 0) is 5.41 Å². The van der Waals surface area contributed by atoms with E-state index in [9.17, 15) is 4.79 Å². The highest BCUT2D eigenvalue weighted by atomic mass is 16.2. The van der Waals surface area contributed by atoms with Crippen molar-refractivity contribution < 1.29 is 4.79 Å². The van der Waals surface area contributed by atoms with Gasteiger partial charge in [-0.3, -0.25) is 0 Å². The van der Waals surface area contributed by atoms with Crippen LogP contribution in [0, 0.1) is 0 Å². The fourth-order valence-corrected chi connectivity index (χ4v) is 2.61. The van der Waals surface area contributed by atoms with Crippen LogP contribution >= 0.6 is 0 Å². The molecule has 3 aromatic rings. The number of rotatable bonds is 2. The number of anilines is 2. The number of benzene rings is 3. The number of carbonyl (C=O) groups excluding carboxylic acids is 1. The first kappa shape index (κ1) is 16.1. The van der Waals surface area contributed by atoms with Crippen LogP contribution in [0.4, 0.5) is 16.2 Å². The molecule has 0 bridgehead atoms. The maximum atomic E-state index is 12.2. The molecule has 0 fully saturated rings. The molecule has 0 atom stereocenters. The summed E-state index contributed by atoms with van der Waals surface area (Å²) >= 11 is 0. The lowest BCUT2D eigenvalue weighted by Crippen LogP contribution is -2.19. The molecule has 0 aromatic heterocycles. The summed E-state index contributed by atoms with van der Waals surface area (Å²) in [6.07, 6.45) is 0. The van der Waals surface area contributed by atoms with Gasteiger partial charge in [0.2, 0.25) is 0 Å². The second kappa shape index (κ2) is 6.36. The molecule has 0 heterocycles. The standard InChI is InChI=1S/C21H22N2O/c1-21(2,3)17-9-12-18(13-10-17)22-20(24)23-19-11-8-15-6-4-5-7-16(15)14-19/h4-14H,1-3H3,(H2,22,23,24). The van der Waals surface area contributed by atoms with E-state index in [1.54, 1.807) is 0 Å². The van der Waals surface area contributed by atoms with E-state index in [1.165, 1.54) is 5.56 Å². The molecule has 3 aromatic carbocycles. The van der Waals surface area contributed by atoms with Gasteiger partial charge in [-0.15, -0.1) is 0 Å². The number of nitrogens with one attached hydrogen (secondary N) is 2. The minimum Gasteiger partial charge on any atom is -0.308 e. The van der Waals surface area contributed by atoms with Crippen molar-refractivity contribution in [2.75, 3.05) is 10.6 Å². The predicted molar refractivity (Wildman–Crippen MR) is 102 cm³/mol. The van der Waals surface area contributed by atoms with Crippen molar-refractivity contribution in [3.63, 3.8) is 0 Å². The average molecular weight is 318 g/mol. The molecule has 0 saturated heterocycles. The van der Waals surface area contributed by atoms with Gasteiger partial charge in [-0.1, -0.05) is 63.2 Å². The monoisotopic (exact) mass is 318 g/mol. The van der Waals surface area contributed by atoms with Gasteiger partial charge in [0.05, 0.1) is 0 Å². The van der Waals surface area contributed by atoms with Gasteiger partial charge in [0.1, 0.15) is 0 Å². The van der Waals surface area contributed by atoms with Crippen LogP contribution < -0.4 is 10.6 Å². The molecule has 0 radical (unpaired) electrons. The Kier molecular flexibility index (Phi) is 4.26. The molecule has 0 aliphatic rings. The van der Waals surface area contributed by atoms with E-state index in [0.717, 1.165) is 22.1 Å². The van der Waals surface area contributed by atoms with Gasteiger partial charge in [0.25, 0.3) is 0 Å². The van der Waals surface area contributed by atoms with Crippen LogP contribution in [0.25, 0.3) is 10.8 Å². The number of hydrogen-bond acceptors (Lipinski definition) is 1. The highest BCUT2D eigenvalue weighted by molar-refractivity contribution is 6.01. The summed E-state index contributed by atoms with van der Waals surface area (Å²) in [5, 5.41) is 8.00. The smallest absolute Gasteiger partial charge is 0.308 e. The first-order valence-corrected chi connectivity index (χ1v) is 8.09. The lowest BCUT2D eigenvalue weighted by Gasteiger charge is -2.19. The predicted octanol–water partition coefficient (Wildman–Crippen LogP) is 5.78. The van der Waals surface area contributed by atoms with Gasteiger partial charge < -0.3 is 10.6 Å². The molecule has 0 saturated carbocycles. The number of urea groups is 1. The summed E-state index contributed by atoms with van der Waals surface area (Å²) < 4.78 is 0. The minimum absolute atomic E-state index is 0.103. The number of hydrogen-bond donors (Lipinski definition) is 2. The Morgan fingerprint density at radius 2 is 1.33 bits per heavy atom. The quantitative estimate of drug-likeness (QED) is 0.617. The van der Waals surface area contributed by atoms with Crippen LogP contribution in [0.2, 0.25) is 0 Å². The number of fused-ring (bicyclic) bond motifs is 1. The maximum Gasteiger partial charge on any atom is 0.323 e. The van der Waals surface area contributed by atoms with Crippen LogP contribution in [-0.4, -0.2) is 6.03 Å². The fraction of sp³-hybridized carbons (Fsp3) is 0.190. The average Bonchev–Trinajstić information content (AvgIpc) is 2.54. The molecule has 3 nitrogen and oxygen atoms in total. The molecule has 0 spiro atoms. The summed E-state index contributed by atoms with van der Waals surface area (Å²) in [6.45, 7) is 6.51. The second-order valence-electron chi connectivity index (χ2n) is 6.97. The van der Waals surface area contributed by atoms with Crippen LogP contribution in [0.5, 0.6) is 0 Å². The highest BCUT2D eigenvalue weighted by Gasteiger charge is 2.13. The normalized spacial score (nSPS) is 11.3. The van der Waals surface area contributed by atoms with E-state index in [2.05, 4.69) is 37.5 Å². The summed E-state index contributed by atoms with van der Waals surface area (Å²) in [6, 6.07) is 21.7. The van der Waals surface area contributed by atoms with Crippen LogP contribution in [0.1, 0.15) is 26.3 Å². The third-order valence-electron chi connectivity index (χ3n) is 4.02. The van der Waals surface area contributed by atoms with Crippen molar-refractivity contribution in [1.82, 2.24) is 0 Å². The Labute approximate surface area is 142 Å². The molecule has 24 heavy (non-hydrogen) atoms. The summed E-state index contributed by atoms with van der Waals surface area (Å²) in [5.74, 6) is 0. The van der Waals surface area contributed by atoms with Crippen molar-refractivity contribution in [3.8, 4) is 0 Å². The minimum atomic E-state index is -0.242. The molecule has 2 N–H and O–H groups in total. The molecule has 0 aliphatic carbocycles. The molecular weight excluding hydrogens is 296 g/mol. The molecule has 3 heteroatoms. The second-order valence-corrected chi connectivity index (χ2v) is 6.97. The highest BCUT2D eigenvalue weighted by Crippen LogP contribution is 2.24. The lowest BCUT2D eigenvalue weighted by molar-refractivity contribution is 0.262. The van der Waals surface area contributed by atoms with Crippen molar-refractivity contribution >= 4 is 28.2 Å². The Hall–Kier alpha value is -2.81. The number of amides is 2.